The summed E-state index contributed by atoms with van der Waals surface area (Å²) in [5, 5.41) is 22.4. The van der Waals surface area contributed by atoms with Gasteiger partial charge in [-0.2, -0.15) is 5.10 Å². The Balaban J connectivity index is 2.69. The van der Waals surface area contributed by atoms with E-state index in [1.807, 2.05) is 0 Å². The topological polar surface area (TPSA) is 75.4 Å². The number of aromatic hydroxyl groups is 1. The van der Waals surface area contributed by atoms with Crippen molar-refractivity contribution in [2.45, 2.75) is 0 Å². The molecule has 2 rings (SSSR count). The van der Waals surface area contributed by atoms with Crippen LogP contribution >= 0.6 is 15.9 Å². The predicted molar refractivity (Wildman–Crippen MR) is 64.9 cm³/mol. The summed E-state index contributed by atoms with van der Waals surface area (Å²) in [5.74, 6) is -2.17. The monoisotopic (exact) mass is 314 g/mol. The van der Waals surface area contributed by atoms with Gasteiger partial charge in [0.2, 0.25) is 0 Å². The zero-order valence-electron chi connectivity index (χ0n) is 9.19. The van der Waals surface area contributed by atoms with Gasteiger partial charge in [-0.1, -0.05) is 0 Å². The van der Waals surface area contributed by atoms with E-state index in [0.717, 1.165) is 0 Å². The van der Waals surface area contributed by atoms with Gasteiger partial charge in [0.25, 0.3) is 0 Å². The molecule has 1 heterocycles. The molecule has 0 atom stereocenters. The normalized spacial score (nSPS) is 10.6. The number of phenols is 1. The van der Waals surface area contributed by atoms with Crippen LogP contribution in [0.1, 0.15) is 10.5 Å². The third-order valence-electron chi connectivity index (χ3n) is 2.43. The Labute approximate surface area is 110 Å². The molecule has 0 bridgehead atoms. The Kier molecular flexibility index (Phi) is 3.08. The van der Waals surface area contributed by atoms with E-state index in [4.69, 9.17) is 5.11 Å². The number of rotatable bonds is 2. The molecule has 2 N–H and O–H groups in total. The number of carboxylic acid groups (broad SMARTS) is 1. The number of halogens is 2. The molecule has 5 nitrogen and oxygen atoms in total. The lowest BCUT2D eigenvalue weighted by Gasteiger charge is -2.07. The van der Waals surface area contributed by atoms with Crippen molar-refractivity contribution in [3.05, 3.63) is 34.2 Å². The molecule has 0 spiro atoms. The van der Waals surface area contributed by atoms with Gasteiger partial charge in [0.15, 0.2) is 5.69 Å². The fourth-order valence-corrected chi connectivity index (χ4v) is 1.92. The van der Waals surface area contributed by atoms with Gasteiger partial charge in [0.05, 0.1) is 15.7 Å². The summed E-state index contributed by atoms with van der Waals surface area (Å²) in [7, 11) is 1.47. The molecule has 0 aliphatic carbocycles. The molecule has 0 saturated heterocycles. The third kappa shape index (κ3) is 1.97. The van der Waals surface area contributed by atoms with E-state index in [1.165, 1.54) is 29.9 Å². The number of hydrogen-bond acceptors (Lipinski definition) is 3. The van der Waals surface area contributed by atoms with Crippen LogP contribution in [0.2, 0.25) is 0 Å². The number of nitrogens with zero attached hydrogens (tertiary/aromatic N) is 2. The highest BCUT2D eigenvalue weighted by atomic mass is 79.9. The van der Waals surface area contributed by atoms with Gasteiger partial charge in [-0.15, -0.1) is 0 Å². The molecule has 18 heavy (non-hydrogen) atoms. The van der Waals surface area contributed by atoms with Crippen molar-refractivity contribution in [2.75, 3.05) is 0 Å². The first kappa shape index (κ1) is 12.6. The summed E-state index contributed by atoms with van der Waals surface area (Å²) in [6.45, 7) is 0. The van der Waals surface area contributed by atoms with E-state index in [2.05, 4.69) is 21.0 Å². The summed E-state index contributed by atoms with van der Waals surface area (Å²) in [6, 6.07) is 3.74. The fourth-order valence-electron chi connectivity index (χ4n) is 1.59. The zero-order valence-corrected chi connectivity index (χ0v) is 10.8. The number of aromatic nitrogens is 2. The maximum Gasteiger partial charge on any atom is 0.356 e. The van der Waals surface area contributed by atoms with Crippen molar-refractivity contribution in [2.24, 2.45) is 7.05 Å². The highest BCUT2D eigenvalue weighted by Gasteiger charge is 2.19. The van der Waals surface area contributed by atoms with Crippen molar-refractivity contribution in [3.8, 4) is 17.0 Å². The van der Waals surface area contributed by atoms with Gasteiger partial charge < -0.3 is 10.2 Å². The molecule has 0 amide bonds. The smallest absolute Gasteiger partial charge is 0.356 e. The molecule has 94 valence electrons. The van der Waals surface area contributed by atoms with Crippen LogP contribution in [0.25, 0.3) is 11.3 Å². The van der Waals surface area contributed by atoms with Crippen LogP contribution in [-0.2, 0) is 7.05 Å². The number of carbonyl (C=O) groups is 1. The third-order valence-corrected chi connectivity index (χ3v) is 3.07. The number of carboxylic acids is 1. The van der Waals surface area contributed by atoms with Crippen LogP contribution in [0.15, 0.2) is 22.7 Å². The predicted octanol–water partition coefficient (Wildman–Crippen LogP) is 2.39. The molecule has 7 heteroatoms. The standard InChI is InChI=1S/C11H8BrFN2O3/c1-15-8(4-7(14-15)11(17)18)9-6(13)3-2-5(12)10(9)16/h2-4,16H,1H3,(H,17,18). The molecule has 1 aromatic heterocycles. The number of aryl methyl sites for hydroxylation is 1. The minimum atomic E-state index is -1.22. The Bertz CT molecular complexity index is 639. The van der Waals surface area contributed by atoms with Crippen molar-refractivity contribution in [3.63, 3.8) is 0 Å². The van der Waals surface area contributed by atoms with Gasteiger partial charge in [-0.25, -0.2) is 9.18 Å². The second-order valence-electron chi connectivity index (χ2n) is 3.60. The maximum atomic E-state index is 13.7. The first-order valence-electron chi connectivity index (χ1n) is 4.86. The molecule has 0 aliphatic heterocycles. The van der Waals surface area contributed by atoms with Gasteiger partial charge in [-0.3, -0.25) is 4.68 Å². The average Bonchev–Trinajstić information content (AvgIpc) is 2.67. The largest absolute Gasteiger partial charge is 0.506 e. The number of benzene rings is 1. The number of hydrogen-bond donors (Lipinski definition) is 2. The lowest BCUT2D eigenvalue weighted by Crippen LogP contribution is -1.99. The SMILES string of the molecule is Cn1nc(C(=O)O)cc1-c1c(F)ccc(Br)c1O. The Morgan fingerprint density at radius 2 is 2.17 bits per heavy atom. The maximum absolute atomic E-state index is 13.7. The van der Waals surface area contributed by atoms with Gasteiger partial charge >= 0.3 is 5.97 Å². The Morgan fingerprint density at radius 3 is 2.72 bits per heavy atom. The van der Waals surface area contributed by atoms with E-state index >= 15 is 0 Å². The van der Waals surface area contributed by atoms with Crippen LogP contribution in [0.5, 0.6) is 5.75 Å². The van der Waals surface area contributed by atoms with Crippen molar-refractivity contribution < 1.29 is 19.4 Å². The second kappa shape index (κ2) is 4.41. The average molecular weight is 315 g/mol. The van der Waals surface area contributed by atoms with Crippen LogP contribution in [0.3, 0.4) is 0 Å². The fraction of sp³-hybridized carbons (Fsp3) is 0.0909. The molecule has 1 aromatic carbocycles. The summed E-state index contributed by atoms with van der Waals surface area (Å²) in [5.41, 5.74) is -0.123. The summed E-state index contributed by atoms with van der Waals surface area (Å²) in [4.78, 5) is 10.8. The summed E-state index contributed by atoms with van der Waals surface area (Å²) < 4.78 is 15.3. The molecule has 0 unspecified atom stereocenters. The van der Waals surface area contributed by atoms with E-state index < -0.39 is 11.8 Å². The second-order valence-corrected chi connectivity index (χ2v) is 4.45. The van der Waals surface area contributed by atoms with Crippen LogP contribution in [-0.4, -0.2) is 26.0 Å². The minimum absolute atomic E-state index is 0.0909. The van der Waals surface area contributed by atoms with Gasteiger partial charge in [0, 0.05) is 7.05 Å². The quantitative estimate of drug-likeness (QED) is 0.892. The highest BCUT2D eigenvalue weighted by Crippen LogP contribution is 2.37. The molecule has 0 fully saturated rings. The lowest BCUT2D eigenvalue weighted by molar-refractivity contribution is 0.0689. The number of aromatic carboxylic acids is 1. The molecular weight excluding hydrogens is 307 g/mol. The van der Waals surface area contributed by atoms with Gasteiger partial charge in [-0.05, 0) is 34.1 Å². The van der Waals surface area contributed by atoms with E-state index in [1.54, 1.807) is 0 Å². The summed E-state index contributed by atoms with van der Waals surface area (Å²) in [6.07, 6.45) is 0. The molecular formula is C11H8BrFN2O3. The van der Waals surface area contributed by atoms with Crippen LogP contribution in [0, 0.1) is 5.82 Å². The molecule has 2 aromatic rings. The Morgan fingerprint density at radius 1 is 1.50 bits per heavy atom. The first-order valence-corrected chi connectivity index (χ1v) is 5.65. The van der Waals surface area contributed by atoms with E-state index in [-0.39, 0.29) is 22.7 Å². The zero-order chi connectivity index (χ0) is 13.4. The van der Waals surface area contributed by atoms with Crippen LogP contribution < -0.4 is 0 Å². The molecule has 0 radical (unpaired) electrons. The lowest BCUT2D eigenvalue weighted by atomic mass is 10.1. The number of phenolic OH excluding ortho intramolecular Hbond substituents is 1. The van der Waals surface area contributed by atoms with Crippen molar-refractivity contribution in [1.29, 1.82) is 0 Å². The molecule has 0 aliphatic rings. The van der Waals surface area contributed by atoms with E-state index in [9.17, 15) is 14.3 Å². The van der Waals surface area contributed by atoms with Crippen molar-refractivity contribution in [1.82, 2.24) is 9.78 Å². The van der Waals surface area contributed by atoms with Crippen LogP contribution in [0.4, 0.5) is 4.39 Å². The minimum Gasteiger partial charge on any atom is -0.506 e. The summed E-state index contributed by atoms with van der Waals surface area (Å²) >= 11 is 3.08. The Hall–Kier alpha value is -1.89. The highest BCUT2D eigenvalue weighted by molar-refractivity contribution is 9.10. The first-order chi connectivity index (χ1) is 8.41. The van der Waals surface area contributed by atoms with Crippen molar-refractivity contribution >= 4 is 21.9 Å². The van der Waals surface area contributed by atoms with Gasteiger partial charge in [0.1, 0.15) is 11.6 Å². The van der Waals surface area contributed by atoms with E-state index in [0.29, 0.717) is 4.47 Å². The molecule has 0 saturated carbocycles.